The van der Waals surface area contributed by atoms with Gasteiger partial charge in [0.2, 0.25) is 0 Å². The van der Waals surface area contributed by atoms with Gasteiger partial charge in [-0.15, -0.1) is 0 Å². The van der Waals surface area contributed by atoms with Gasteiger partial charge in [-0.3, -0.25) is 0 Å². The SMILES string of the molecule is COCCNCCCCOC1CC(C)CC(C)C1. The smallest absolute Gasteiger partial charge is 0.0587 e. The average molecular weight is 257 g/mol. The van der Waals surface area contributed by atoms with Gasteiger partial charge in [0.05, 0.1) is 12.7 Å². The van der Waals surface area contributed by atoms with E-state index in [1.807, 2.05) is 0 Å². The molecule has 0 saturated heterocycles. The molecular weight excluding hydrogens is 226 g/mol. The Morgan fingerprint density at radius 2 is 1.67 bits per heavy atom. The summed E-state index contributed by atoms with van der Waals surface area (Å²) in [4.78, 5) is 0. The summed E-state index contributed by atoms with van der Waals surface area (Å²) < 4.78 is 11.0. The Kier molecular flexibility index (Phi) is 8.64. The van der Waals surface area contributed by atoms with Crippen LogP contribution in [0.1, 0.15) is 46.0 Å². The molecule has 1 aliphatic carbocycles. The first-order chi connectivity index (χ1) is 8.72. The van der Waals surface area contributed by atoms with Gasteiger partial charge < -0.3 is 14.8 Å². The predicted octanol–water partition coefficient (Wildman–Crippen LogP) is 2.84. The average Bonchev–Trinajstić information content (AvgIpc) is 2.31. The minimum Gasteiger partial charge on any atom is -0.383 e. The van der Waals surface area contributed by atoms with Crippen LogP contribution in [0.5, 0.6) is 0 Å². The van der Waals surface area contributed by atoms with Crippen LogP contribution >= 0.6 is 0 Å². The molecule has 18 heavy (non-hydrogen) atoms. The van der Waals surface area contributed by atoms with Crippen molar-refractivity contribution in [1.82, 2.24) is 5.32 Å². The molecule has 0 aromatic heterocycles. The Balaban J connectivity index is 1.91. The Morgan fingerprint density at radius 1 is 0.944 bits per heavy atom. The largest absolute Gasteiger partial charge is 0.383 e. The molecule has 1 saturated carbocycles. The lowest BCUT2D eigenvalue weighted by Crippen LogP contribution is -2.27. The summed E-state index contributed by atoms with van der Waals surface area (Å²) in [5, 5.41) is 3.36. The van der Waals surface area contributed by atoms with Crippen LogP contribution in [0, 0.1) is 11.8 Å². The number of hydrogen-bond donors (Lipinski definition) is 1. The van der Waals surface area contributed by atoms with Crippen molar-refractivity contribution in [3.05, 3.63) is 0 Å². The molecule has 1 aliphatic rings. The second-order valence-corrected chi connectivity index (χ2v) is 5.86. The molecule has 0 amide bonds. The quantitative estimate of drug-likeness (QED) is 0.644. The maximum absolute atomic E-state index is 6.00. The lowest BCUT2D eigenvalue weighted by Gasteiger charge is -2.31. The molecule has 3 heteroatoms. The van der Waals surface area contributed by atoms with Crippen LogP contribution in [-0.2, 0) is 9.47 Å². The normalized spacial score (nSPS) is 28.5. The first-order valence-electron chi connectivity index (χ1n) is 7.53. The van der Waals surface area contributed by atoms with Crippen molar-refractivity contribution in [2.75, 3.05) is 33.4 Å². The first kappa shape index (κ1) is 15.9. The number of rotatable bonds is 9. The van der Waals surface area contributed by atoms with Crippen LogP contribution in [0.4, 0.5) is 0 Å². The zero-order valence-electron chi connectivity index (χ0n) is 12.4. The van der Waals surface area contributed by atoms with Crippen LogP contribution < -0.4 is 5.32 Å². The van der Waals surface area contributed by atoms with E-state index in [1.165, 1.54) is 32.1 Å². The second kappa shape index (κ2) is 9.76. The molecule has 0 aromatic carbocycles. The van der Waals surface area contributed by atoms with Crippen LogP contribution in [0.3, 0.4) is 0 Å². The first-order valence-corrected chi connectivity index (χ1v) is 7.53. The molecule has 1 rings (SSSR count). The van der Waals surface area contributed by atoms with Crippen LogP contribution in [-0.4, -0.2) is 39.5 Å². The highest BCUT2D eigenvalue weighted by atomic mass is 16.5. The maximum Gasteiger partial charge on any atom is 0.0587 e. The van der Waals surface area contributed by atoms with E-state index in [-0.39, 0.29) is 0 Å². The number of nitrogens with one attached hydrogen (secondary N) is 1. The van der Waals surface area contributed by atoms with Gasteiger partial charge in [0.25, 0.3) is 0 Å². The highest BCUT2D eigenvalue weighted by molar-refractivity contribution is 4.75. The standard InChI is InChI=1S/C15H31NO2/c1-13-10-14(2)12-15(11-13)18-8-5-4-6-16-7-9-17-3/h13-16H,4-12H2,1-3H3. The summed E-state index contributed by atoms with van der Waals surface area (Å²) in [6.45, 7) is 8.46. The molecule has 108 valence electrons. The molecule has 1 fully saturated rings. The van der Waals surface area contributed by atoms with Crippen LogP contribution in [0.15, 0.2) is 0 Å². The Labute approximate surface area is 113 Å². The van der Waals surface area contributed by atoms with Gasteiger partial charge in [-0.2, -0.15) is 0 Å². The summed E-state index contributed by atoms with van der Waals surface area (Å²) in [6, 6.07) is 0. The molecule has 2 unspecified atom stereocenters. The maximum atomic E-state index is 6.00. The molecule has 0 bridgehead atoms. The molecule has 0 aromatic rings. The highest BCUT2D eigenvalue weighted by Crippen LogP contribution is 2.30. The van der Waals surface area contributed by atoms with E-state index in [1.54, 1.807) is 7.11 Å². The molecule has 0 radical (unpaired) electrons. The topological polar surface area (TPSA) is 30.5 Å². The number of unbranched alkanes of at least 4 members (excludes halogenated alkanes) is 1. The monoisotopic (exact) mass is 257 g/mol. The molecule has 3 nitrogen and oxygen atoms in total. The van der Waals surface area contributed by atoms with Gasteiger partial charge in [-0.25, -0.2) is 0 Å². The van der Waals surface area contributed by atoms with Crippen molar-refractivity contribution in [2.24, 2.45) is 11.8 Å². The van der Waals surface area contributed by atoms with E-state index in [2.05, 4.69) is 19.2 Å². The summed E-state index contributed by atoms with van der Waals surface area (Å²) >= 11 is 0. The molecule has 2 atom stereocenters. The summed E-state index contributed by atoms with van der Waals surface area (Å²) in [7, 11) is 1.74. The Hall–Kier alpha value is -0.120. The molecule has 0 heterocycles. The van der Waals surface area contributed by atoms with Gasteiger partial charge >= 0.3 is 0 Å². The predicted molar refractivity (Wildman–Crippen MR) is 75.9 cm³/mol. The van der Waals surface area contributed by atoms with Gasteiger partial charge in [0, 0.05) is 20.3 Å². The third kappa shape index (κ3) is 7.34. The fourth-order valence-corrected chi connectivity index (χ4v) is 2.91. The van der Waals surface area contributed by atoms with Gasteiger partial charge in [-0.05, 0) is 50.5 Å². The third-order valence-electron chi connectivity index (χ3n) is 3.72. The molecule has 1 N–H and O–H groups in total. The van der Waals surface area contributed by atoms with Crippen molar-refractivity contribution in [2.45, 2.75) is 52.1 Å². The van der Waals surface area contributed by atoms with E-state index >= 15 is 0 Å². The van der Waals surface area contributed by atoms with Crippen molar-refractivity contribution in [1.29, 1.82) is 0 Å². The van der Waals surface area contributed by atoms with Crippen molar-refractivity contribution < 1.29 is 9.47 Å². The second-order valence-electron chi connectivity index (χ2n) is 5.86. The lowest BCUT2D eigenvalue weighted by atomic mass is 9.82. The Morgan fingerprint density at radius 3 is 2.33 bits per heavy atom. The minimum atomic E-state index is 0.519. The number of hydrogen-bond acceptors (Lipinski definition) is 3. The van der Waals surface area contributed by atoms with E-state index in [0.29, 0.717) is 6.10 Å². The zero-order valence-corrected chi connectivity index (χ0v) is 12.4. The minimum absolute atomic E-state index is 0.519. The fourth-order valence-electron chi connectivity index (χ4n) is 2.91. The zero-order chi connectivity index (χ0) is 13.2. The molecular formula is C15H31NO2. The number of ether oxygens (including phenoxy) is 2. The van der Waals surface area contributed by atoms with Gasteiger partial charge in [0.15, 0.2) is 0 Å². The molecule has 0 spiro atoms. The van der Waals surface area contributed by atoms with E-state index in [9.17, 15) is 0 Å². The van der Waals surface area contributed by atoms with Crippen LogP contribution in [0.25, 0.3) is 0 Å². The highest BCUT2D eigenvalue weighted by Gasteiger charge is 2.23. The molecule has 0 aliphatic heterocycles. The van der Waals surface area contributed by atoms with Crippen molar-refractivity contribution >= 4 is 0 Å². The fraction of sp³-hybridized carbons (Fsp3) is 1.00. The number of methoxy groups -OCH3 is 1. The van der Waals surface area contributed by atoms with E-state index in [4.69, 9.17) is 9.47 Å². The third-order valence-corrected chi connectivity index (χ3v) is 3.72. The van der Waals surface area contributed by atoms with Gasteiger partial charge in [-0.1, -0.05) is 13.8 Å². The van der Waals surface area contributed by atoms with Crippen molar-refractivity contribution in [3.63, 3.8) is 0 Å². The summed E-state index contributed by atoms with van der Waals surface area (Å²) in [6.07, 6.45) is 6.78. The van der Waals surface area contributed by atoms with Gasteiger partial charge in [0.1, 0.15) is 0 Å². The summed E-state index contributed by atoms with van der Waals surface area (Å²) in [5.41, 5.74) is 0. The van der Waals surface area contributed by atoms with E-state index < -0.39 is 0 Å². The van der Waals surface area contributed by atoms with Crippen LogP contribution in [0.2, 0.25) is 0 Å². The van der Waals surface area contributed by atoms with Crippen molar-refractivity contribution in [3.8, 4) is 0 Å². The van der Waals surface area contributed by atoms with E-state index in [0.717, 1.165) is 38.1 Å². The summed E-state index contributed by atoms with van der Waals surface area (Å²) in [5.74, 6) is 1.68. The lowest BCUT2D eigenvalue weighted by molar-refractivity contribution is -0.000441. The Bertz CT molecular complexity index is 189.